The second-order valence-electron chi connectivity index (χ2n) is 5.11. The van der Waals surface area contributed by atoms with Gasteiger partial charge in [-0.05, 0) is 43.2 Å². The summed E-state index contributed by atoms with van der Waals surface area (Å²) in [6.45, 7) is 1.11. The lowest BCUT2D eigenvalue weighted by atomic mass is 9.86. The first-order valence-electron chi connectivity index (χ1n) is 6.19. The Hall–Kier alpha value is -0.910. The zero-order valence-corrected chi connectivity index (χ0v) is 11.3. The standard InChI is InChI=1S/C13H19NO3S/c1-13(7-15,8-16)14-12(17)10-3-2-4-11-9(10)5-6-18-11/h5-6,10,15-16H,2-4,7-8H2,1H3,(H,14,17). The van der Waals surface area contributed by atoms with Crippen LogP contribution in [-0.4, -0.2) is 34.9 Å². The number of hydrogen-bond donors (Lipinski definition) is 3. The van der Waals surface area contributed by atoms with Gasteiger partial charge >= 0.3 is 0 Å². The molecule has 1 aromatic rings. The summed E-state index contributed by atoms with van der Waals surface area (Å²) in [5.41, 5.74) is 0.173. The number of carbonyl (C=O) groups excluding carboxylic acids is 1. The molecule has 0 saturated carbocycles. The highest BCUT2D eigenvalue weighted by Gasteiger charge is 2.32. The van der Waals surface area contributed by atoms with Crippen LogP contribution in [0.2, 0.25) is 0 Å². The van der Waals surface area contributed by atoms with Crippen molar-refractivity contribution in [1.82, 2.24) is 5.32 Å². The van der Waals surface area contributed by atoms with E-state index in [1.54, 1.807) is 18.3 Å². The molecule has 5 heteroatoms. The molecule has 1 atom stereocenters. The molecule has 1 unspecified atom stereocenters. The number of aliphatic hydroxyl groups is 2. The van der Waals surface area contributed by atoms with Crippen LogP contribution >= 0.6 is 11.3 Å². The summed E-state index contributed by atoms with van der Waals surface area (Å²) in [6.07, 6.45) is 2.90. The van der Waals surface area contributed by atoms with Crippen LogP contribution in [0.5, 0.6) is 0 Å². The summed E-state index contributed by atoms with van der Waals surface area (Å²) in [5.74, 6) is -0.239. The van der Waals surface area contributed by atoms with E-state index in [-0.39, 0.29) is 25.0 Å². The number of thiophene rings is 1. The summed E-state index contributed by atoms with van der Waals surface area (Å²) < 4.78 is 0. The molecule has 1 aliphatic carbocycles. The molecule has 3 N–H and O–H groups in total. The van der Waals surface area contributed by atoms with Crippen molar-refractivity contribution in [1.29, 1.82) is 0 Å². The Morgan fingerprint density at radius 1 is 1.56 bits per heavy atom. The van der Waals surface area contributed by atoms with E-state index < -0.39 is 5.54 Å². The zero-order chi connectivity index (χ0) is 13.2. The summed E-state index contributed by atoms with van der Waals surface area (Å²) in [6, 6.07) is 2.01. The van der Waals surface area contributed by atoms with Gasteiger partial charge in [0.15, 0.2) is 0 Å². The highest BCUT2D eigenvalue weighted by Crippen LogP contribution is 2.35. The first kappa shape index (κ1) is 13.5. The minimum Gasteiger partial charge on any atom is -0.394 e. The topological polar surface area (TPSA) is 69.6 Å². The SMILES string of the molecule is CC(CO)(CO)NC(=O)C1CCCc2sccc21. The van der Waals surface area contributed by atoms with Crippen molar-refractivity contribution in [2.45, 2.75) is 37.6 Å². The summed E-state index contributed by atoms with van der Waals surface area (Å²) in [4.78, 5) is 13.6. The zero-order valence-electron chi connectivity index (χ0n) is 10.5. The van der Waals surface area contributed by atoms with Gasteiger partial charge < -0.3 is 15.5 Å². The predicted molar refractivity (Wildman–Crippen MR) is 70.7 cm³/mol. The van der Waals surface area contributed by atoms with Crippen LogP contribution in [0, 0.1) is 0 Å². The third-order valence-corrected chi connectivity index (χ3v) is 4.49. The van der Waals surface area contributed by atoms with Gasteiger partial charge in [-0.25, -0.2) is 0 Å². The largest absolute Gasteiger partial charge is 0.394 e. The Balaban J connectivity index is 2.12. The number of amides is 1. The van der Waals surface area contributed by atoms with E-state index in [4.69, 9.17) is 0 Å². The van der Waals surface area contributed by atoms with E-state index in [2.05, 4.69) is 5.32 Å². The molecule has 100 valence electrons. The Labute approximate surface area is 111 Å². The Kier molecular flexibility index (Phi) is 4.04. The summed E-state index contributed by atoms with van der Waals surface area (Å²) >= 11 is 1.70. The van der Waals surface area contributed by atoms with Gasteiger partial charge in [0.05, 0.1) is 24.7 Å². The summed E-state index contributed by atoms with van der Waals surface area (Å²) in [5, 5.41) is 23.2. The van der Waals surface area contributed by atoms with Crippen molar-refractivity contribution in [2.24, 2.45) is 0 Å². The molecule has 4 nitrogen and oxygen atoms in total. The molecule has 1 aliphatic rings. The molecule has 1 heterocycles. The maximum atomic E-state index is 12.3. The van der Waals surface area contributed by atoms with Gasteiger partial charge in [0.1, 0.15) is 0 Å². The lowest BCUT2D eigenvalue weighted by Gasteiger charge is -2.30. The van der Waals surface area contributed by atoms with Crippen LogP contribution in [0.3, 0.4) is 0 Å². The Morgan fingerprint density at radius 2 is 2.28 bits per heavy atom. The molecule has 0 aliphatic heterocycles. The normalized spacial score (nSPS) is 19.4. The fourth-order valence-electron chi connectivity index (χ4n) is 2.27. The number of hydrogen-bond acceptors (Lipinski definition) is 4. The maximum absolute atomic E-state index is 12.3. The van der Waals surface area contributed by atoms with Crippen LogP contribution in [0.1, 0.15) is 36.1 Å². The second-order valence-corrected chi connectivity index (χ2v) is 6.11. The van der Waals surface area contributed by atoms with Gasteiger partial charge in [-0.3, -0.25) is 4.79 Å². The third-order valence-electron chi connectivity index (χ3n) is 3.49. The van der Waals surface area contributed by atoms with E-state index in [9.17, 15) is 15.0 Å². The number of nitrogens with one attached hydrogen (secondary N) is 1. The average molecular weight is 269 g/mol. The Morgan fingerprint density at radius 3 is 2.94 bits per heavy atom. The molecule has 1 aromatic heterocycles. The number of fused-ring (bicyclic) bond motifs is 1. The minimum absolute atomic E-state index is 0.0973. The van der Waals surface area contributed by atoms with Crippen LogP contribution in [0.25, 0.3) is 0 Å². The predicted octanol–water partition coefficient (Wildman–Crippen LogP) is 1.03. The van der Waals surface area contributed by atoms with Crippen molar-refractivity contribution in [3.63, 3.8) is 0 Å². The number of rotatable bonds is 4. The minimum atomic E-state index is -0.940. The molecule has 0 fully saturated rings. The van der Waals surface area contributed by atoms with Gasteiger partial charge in [0.25, 0.3) is 0 Å². The molecule has 0 spiro atoms. The van der Waals surface area contributed by atoms with Crippen LogP contribution in [-0.2, 0) is 11.2 Å². The van der Waals surface area contributed by atoms with Gasteiger partial charge in [0, 0.05) is 4.88 Å². The van der Waals surface area contributed by atoms with Crippen molar-refractivity contribution in [3.05, 3.63) is 21.9 Å². The van der Waals surface area contributed by atoms with Crippen LogP contribution in [0.4, 0.5) is 0 Å². The molecule has 0 saturated heterocycles. The molecule has 2 rings (SSSR count). The third kappa shape index (κ3) is 2.58. The fraction of sp³-hybridized carbons (Fsp3) is 0.615. The average Bonchev–Trinajstić information content (AvgIpc) is 2.86. The molecule has 0 bridgehead atoms. The van der Waals surface area contributed by atoms with Crippen molar-refractivity contribution >= 4 is 17.2 Å². The fourth-order valence-corrected chi connectivity index (χ4v) is 3.26. The van der Waals surface area contributed by atoms with E-state index in [0.29, 0.717) is 0 Å². The Bertz CT molecular complexity index is 426. The van der Waals surface area contributed by atoms with E-state index in [1.165, 1.54) is 4.88 Å². The summed E-state index contributed by atoms with van der Waals surface area (Å²) in [7, 11) is 0. The van der Waals surface area contributed by atoms with E-state index in [0.717, 1.165) is 24.8 Å². The lowest BCUT2D eigenvalue weighted by molar-refractivity contribution is -0.125. The maximum Gasteiger partial charge on any atom is 0.228 e. The first-order valence-corrected chi connectivity index (χ1v) is 7.07. The number of aliphatic hydroxyl groups excluding tert-OH is 2. The smallest absolute Gasteiger partial charge is 0.228 e. The van der Waals surface area contributed by atoms with Crippen molar-refractivity contribution in [3.8, 4) is 0 Å². The quantitative estimate of drug-likeness (QED) is 0.764. The highest BCUT2D eigenvalue weighted by molar-refractivity contribution is 7.10. The van der Waals surface area contributed by atoms with Crippen LogP contribution in [0.15, 0.2) is 11.4 Å². The number of carbonyl (C=O) groups is 1. The van der Waals surface area contributed by atoms with Crippen LogP contribution < -0.4 is 5.32 Å². The molecule has 18 heavy (non-hydrogen) atoms. The van der Waals surface area contributed by atoms with Gasteiger partial charge in [-0.2, -0.15) is 0 Å². The lowest BCUT2D eigenvalue weighted by Crippen LogP contribution is -2.53. The first-order chi connectivity index (χ1) is 8.59. The molecular formula is C13H19NO3S. The molecular weight excluding hydrogens is 250 g/mol. The van der Waals surface area contributed by atoms with Gasteiger partial charge in [0.2, 0.25) is 5.91 Å². The number of aryl methyl sites for hydroxylation is 1. The van der Waals surface area contributed by atoms with E-state index >= 15 is 0 Å². The molecule has 0 radical (unpaired) electrons. The second kappa shape index (κ2) is 5.38. The van der Waals surface area contributed by atoms with Crippen molar-refractivity contribution in [2.75, 3.05) is 13.2 Å². The van der Waals surface area contributed by atoms with E-state index in [1.807, 2.05) is 11.4 Å². The van der Waals surface area contributed by atoms with Crippen molar-refractivity contribution < 1.29 is 15.0 Å². The monoisotopic (exact) mass is 269 g/mol. The molecule has 1 amide bonds. The van der Waals surface area contributed by atoms with Gasteiger partial charge in [-0.15, -0.1) is 11.3 Å². The van der Waals surface area contributed by atoms with Gasteiger partial charge in [-0.1, -0.05) is 0 Å². The molecule has 0 aromatic carbocycles. The highest BCUT2D eigenvalue weighted by atomic mass is 32.1.